The summed E-state index contributed by atoms with van der Waals surface area (Å²) >= 11 is 0. The van der Waals surface area contributed by atoms with Gasteiger partial charge < -0.3 is 5.32 Å². The van der Waals surface area contributed by atoms with Gasteiger partial charge in [0.25, 0.3) is 0 Å². The highest BCUT2D eigenvalue weighted by Crippen LogP contribution is 2.18. The van der Waals surface area contributed by atoms with Crippen LogP contribution < -0.4 is 5.32 Å². The molecule has 2 aromatic heterocycles. The fraction of sp³-hybridized carbons (Fsp3) is 0.214. The van der Waals surface area contributed by atoms with Crippen molar-refractivity contribution in [2.75, 3.05) is 5.32 Å². The van der Waals surface area contributed by atoms with Crippen molar-refractivity contribution in [3.63, 3.8) is 0 Å². The number of anilines is 1. The predicted molar refractivity (Wildman–Crippen MR) is 74.8 cm³/mol. The van der Waals surface area contributed by atoms with Crippen LogP contribution in [0.3, 0.4) is 0 Å². The van der Waals surface area contributed by atoms with Crippen LogP contribution in [0.15, 0.2) is 36.8 Å². The summed E-state index contributed by atoms with van der Waals surface area (Å²) in [4.78, 5) is 8.49. The van der Waals surface area contributed by atoms with E-state index in [0.29, 0.717) is 0 Å². The molecule has 1 aromatic carbocycles. The van der Waals surface area contributed by atoms with Gasteiger partial charge >= 0.3 is 0 Å². The second-order valence-corrected chi connectivity index (χ2v) is 4.57. The molecule has 1 N–H and O–H groups in total. The molecule has 3 rings (SSSR count). The van der Waals surface area contributed by atoms with Crippen LogP contribution in [0.1, 0.15) is 11.1 Å². The third-order valence-electron chi connectivity index (χ3n) is 3.11. The zero-order chi connectivity index (χ0) is 13.2. The number of nitrogens with one attached hydrogen (secondary N) is 1. The fourth-order valence-corrected chi connectivity index (χ4v) is 1.99. The van der Waals surface area contributed by atoms with Gasteiger partial charge in [-0.1, -0.05) is 29.8 Å². The van der Waals surface area contributed by atoms with Crippen LogP contribution in [0.4, 0.5) is 5.82 Å². The zero-order valence-corrected chi connectivity index (χ0v) is 11.0. The van der Waals surface area contributed by atoms with Crippen molar-refractivity contribution in [3.8, 4) is 0 Å². The molecule has 0 aliphatic carbocycles. The third-order valence-corrected chi connectivity index (χ3v) is 3.11. The first-order valence-electron chi connectivity index (χ1n) is 6.16. The van der Waals surface area contributed by atoms with Crippen LogP contribution in [-0.4, -0.2) is 19.7 Å². The van der Waals surface area contributed by atoms with E-state index in [1.807, 2.05) is 7.05 Å². The number of aromatic nitrogens is 4. The fourth-order valence-electron chi connectivity index (χ4n) is 1.99. The Bertz CT molecular complexity index is 699. The third kappa shape index (κ3) is 2.27. The molecule has 0 saturated heterocycles. The van der Waals surface area contributed by atoms with Crippen molar-refractivity contribution >= 4 is 16.9 Å². The van der Waals surface area contributed by atoms with E-state index in [2.05, 4.69) is 51.6 Å². The lowest BCUT2D eigenvalue weighted by atomic mass is 10.1. The Morgan fingerprint density at radius 2 is 1.95 bits per heavy atom. The summed E-state index contributed by atoms with van der Waals surface area (Å²) in [6.07, 6.45) is 3.34. The maximum absolute atomic E-state index is 4.28. The van der Waals surface area contributed by atoms with E-state index in [-0.39, 0.29) is 0 Å². The highest BCUT2D eigenvalue weighted by Gasteiger charge is 2.06. The molecule has 5 nitrogen and oxygen atoms in total. The molecular weight excluding hydrogens is 238 g/mol. The van der Waals surface area contributed by atoms with Crippen molar-refractivity contribution in [2.24, 2.45) is 7.05 Å². The molecule has 0 aliphatic heterocycles. The van der Waals surface area contributed by atoms with Gasteiger partial charge in [-0.05, 0) is 12.5 Å². The molecule has 2 heterocycles. The number of hydrogen-bond acceptors (Lipinski definition) is 4. The smallest absolute Gasteiger partial charge is 0.163 e. The maximum Gasteiger partial charge on any atom is 0.163 e. The Kier molecular flexibility index (Phi) is 2.87. The highest BCUT2D eigenvalue weighted by molar-refractivity contribution is 5.85. The van der Waals surface area contributed by atoms with Crippen LogP contribution >= 0.6 is 0 Å². The van der Waals surface area contributed by atoms with Gasteiger partial charge in [-0.25, -0.2) is 9.97 Å². The first-order valence-corrected chi connectivity index (χ1v) is 6.16. The summed E-state index contributed by atoms with van der Waals surface area (Å²) in [5.74, 6) is 0.818. The molecule has 0 amide bonds. The lowest BCUT2D eigenvalue weighted by Gasteiger charge is -2.06. The summed E-state index contributed by atoms with van der Waals surface area (Å²) in [6, 6.07) is 8.45. The van der Waals surface area contributed by atoms with Gasteiger partial charge in [0, 0.05) is 13.6 Å². The largest absolute Gasteiger partial charge is 0.365 e. The Morgan fingerprint density at radius 1 is 1.16 bits per heavy atom. The van der Waals surface area contributed by atoms with Gasteiger partial charge in [0.05, 0.1) is 11.6 Å². The predicted octanol–water partition coefficient (Wildman–Crippen LogP) is 2.28. The molecule has 96 valence electrons. The van der Waals surface area contributed by atoms with Gasteiger partial charge in [0.1, 0.15) is 12.1 Å². The molecular formula is C14H15N5. The topological polar surface area (TPSA) is 55.6 Å². The van der Waals surface area contributed by atoms with Crippen molar-refractivity contribution in [1.82, 2.24) is 19.7 Å². The van der Waals surface area contributed by atoms with E-state index in [1.165, 1.54) is 11.1 Å². The average Bonchev–Trinajstić information content (AvgIpc) is 2.81. The lowest BCUT2D eigenvalue weighted by molar-refractivity contribution is 0.785. The minimum atomic E-state index is 0.737. The minimum absolute atomic E-state index is 0.737. The molecule has 0 radical (unpaired) electrons. The first-order chi connectivity index (χ1) is 9.24. The molecule has 0 unspecified atom stereocenters. The Hall–Kier alpha value is -2.43. The van der Waals surface area contributed by atoms with Crippen molar-refractivity contribution in [1.29, 1.82) is 0 Å². The van der Waals surface area contributed by atoms with E-state index in [9.17, 15) is 0 Å². The molecule has 3 aromatic rings. The number of benzene rings is 1. The van der Waals surface area contributed by atoms with Gasteiger partial charge in [-0.3, -0.25) is 4.68 Å². The standard InChI is InChI=1S/C14H15N5/c1-10-3-5-11(6-4-10)7-15-13-12-8-18-19(2)14(12)17-9-16-13/h3-6,8-9H,7H2,1-2H3,(H,15,16,17). The molecule has 5 heteroatoms. The second kappa shape index (κ2) is 4.68. The number of aryl methyl sites for hydroxylation is 2. The normalized spacial score (nSPS) is 10.8. The van der Waals surface area contributed by atoms with E-state index in [1.54, 1.807) is 17.2 Å². The molecule has 0 spiro atoms. The van der Waals surface area contributed by atoms with Crippen LogP contribution in [0.5, 0.6) is 0 Å². The SMILES string of the molecule is Cc1ccc(CNc2ncnc3c2cnn3C)cc1. The summed E-state index contributed by atoms with van der Waals surface area (Å²) in [6.45, 7) is 2.82. The zero-order valence-electron chi connectivity index (χ0n) is 11.0. The van der Waals surface area contributed by atoms with Crippen LogP contribution in [0.2, 0.25) is 0 Å². The summed E-state index contributed by atoms with van der Waals surface area (Å²) in [5.41, 5.74) is 3.32. The molecule has 19 heavy (non-hydrogen) atoms. The Balaban J connectivity index is 1.83. The Morgan fingerprint density at radius 3 is 2.74 bits per heavy atom. The monoisotopic (exact) mass is 253 g/mol. The molecule has 0 aliphatic rings. The van der Waals surface area contributed by atoms with Crippen LogP contribution in [0, 0.1) is 6.92 Å². The van der Waals surface area contributed by atoms with E-state index in [4.69, 9.17) is 0 Å². The van der Waals surface area contributed by atoms with Crippen molar-refractivity contribution in [2.45, 2.75) is 13.5 Å². The quantitative estimate of drug-likeness (QED) is 0.778. The van der Waals surface area contributed by atoms with Gasteiger partial charge in [-0.15, -0.1) is 0 Å². The molecule has 0 fully saturated rings. The second-order valence-electron chi connectivity index (χ2n) is 4.57. The molecule has 0 saturated carbocycles. The Labute approximate surface area is 111 Å². The van der Waals surface area contributed by atoms with Crippen molar-refractivity contribution in [3.05, 3.63) is 47.9 Å². The van der Waals surface area contributed by atoms with Gasteiger partial charge in [0.15, 0.2) is 5.65 Å². The summed E-state index contributed by atoms with van der Waals surface area (Å²) in [5, 5.41) is 8.47. The lowest BCUT2D eigenvalue weighted by Crippen LogP contribution is -2.02. The van der Waals surface area contributed by atoms with Gasteiger partial charge in [-0.2, -0.15) is 5.10 Å². The van der Waals surface area contributed by atoms with E-state index >= 15 is 0 Å². The van der Waals surface area contributed by atoms with E-state index in [0.717, 1.165) is 23.4 Å². The first kappa shape index (κ1) is 11.6. The summed E-state index contributed by atoms with van der Waals surface area (Å²) in [7, 11) is 1.87. The van der Waals surface area contributed by atoms with Gasteiger partial charge in [0.2, 0.25) is 0 Å². The summed E-state index contributed by atoms with van der Waals surface area (Å²) < 4.78 is 1.74. The van der Waals surface area contributed by atoms with E-state index < -0.39 is 0 Å². The number of nitrogens with zero attached hydrogens (tertiary/aromatic N) is 4. The highest BCUT2D eigenvalue weighted by atomic mass is 15.3. The van der Waals surface area contributed by atoms with Crippen LogP contribution in [0.25, 0.3) is 11.0 Å². The average molecular weight is 253 g/mol. The van der Waals surface area contributed by atoms with Crippen molar-refractivity contribution < 1.29 is 0 Å². The molecule has 0 bridgehead atoms. The molecule has 0 atom stereocenters. The number of rotatable bonds is 3. The minimum Gasteiger partial charge on any atom is -0.365 e. The number of hydrogen-bond donors (Lipinski definition) is 1. The van der Waals surface area contributed by atoms with Crippen LogP contribution in [-0.2, 0) is 13.6 Å². The maximum atomic E-state index is 4.28. The number of fused-ring (bicyclic) bond motifs is 1.